The second-order valence-corrected chi connectivity index (χ2v) is 11.5. The van der Waals surface area contributed by atoms with Crippen molar-refractivity contribution in [2.45, 2.75) is 38.9 Å². The van der Waals surface area contributed by atoms with Gasteiger partial charge in [0.1, 0.15) is 16.9 Å². The number of carbonyl (C=O) groups is 1. The summed E-state index contributed by atoms with van der Waals surface area (Å²) in [6.45, 7) is 3.26. The lowest BCUT2D eigenvalue weighted by molar-refractivity contribution is 0.0746. The second kappa shape index (κ2) is 9.18. The first-order valence-corrected chi connectivity index (χ1v) is 13.5. The van der Waals surface area contributed by atoms with Crippen LogP contribution >= 0.6 is 10.8 Å². The van der Waals surface area contributed by atoms with Crippen LogP contribution in [-0.2, 0) is 13.1 Å². The zero-order valence-electron chi connectivity index (χ0n) is 20.5. The molecule has 12 heteroatoms. The van der Waals surface area contributed by atoms with Gasteiger partial charge >= 0.3 is 0 Å². The molecule has 1 fully saturated rings. The number of methoxy groups -OCH3 is 1. The van der Waals surface area contributed by atoms with Crippen LogP contribution in [0.4, 0.5) is 4.39 Å². The maximum absolute atomic E-state index is 13.8. The van der Waals surface area contributed by atoms with Gasteiger partial charge in [-0.05, 0) is 37.5 Å². The Labute approximate surface area is 209 Å². The van der Waals surface area contributed by atoms with E-state index in [0.29, 0.717) is 42.8 Å². The smallest absolute Gasteiger partial charge is 0.280 e. The summed E-state index contributed by atoms with van der Waals surface area (Å²) in [6.07, 6.45) is 1.52. The maximum Gasteiger partial charge on any atom is 0.280 e. The van der Waals surface area contributed by atoms with Crippen LogP contribution in [0, 0.1) is 5.82 Å². The number of rotatable bonds is 5. The molecule has 10 nitrogen and oxygen atoms in total. The topological polar surface area (TPSA) is 113 Å². The van der Waals surface area contributed by atoms with Crippen LogP contribution in [0.1, 0.15) is 47.6 Å². The van der Waals surface area contributed by atoms with Gasteiger partial charge in [0.05, 0.1) is 31.0 Å². The molecule has 0 spiro atoms. The first-order valence-electron chi connectivity index (χ1n) is 11.9. The third kappa shape index (κ3) is 3.97. The highest BCUT2D eigenvalue weighted by Crippen LogP contribution is 2.52. The zero-order valence-corrected chi connectivity index (χ0v) is 21.3. The molecule has 2 N–H and O–H groups in total. The number of fused-ring (bicyclic) bond motifs is 3. The van der Waals surface area contributed by atoms with Crippen LogP contribution in [0.3, 0.4) is 0 Å². The number of nitrogens with zero attached hydrogens (tertiary/aromatic N) is 5. The molecule has 1 saturated heterocycles. The number of hydrogen-bond donors (Lipinski definition) is 2. The average Bonchev–Trinajstić information content (AvgIpc) is 3.19. The first-order chi connectivity index (χ1) is 17.1. The number of hydrogen-bond acceptors (Lipinski definition) is 7. The molecule has 4 heterocycles. The number of ether oxygens (including phenoxy) is 1. The van der Waals surface area contributed by atoms with E-state index in [1.807, 2.05) is 6.92 Å². The third-order valence-electron chi connectivity index (χ3n) is 7.05. The van der Waals surface area contributed by atoms with Gasteiger partial charge in [-0.25, -0.2) is 9.07 Å². The van der Waals surface area contributed by atoms with E-state index < -0.39 is 22.4 Å². The Morgan fingerprint density at radius 2 is 1.86 bits per heavy atom. The van der Waals surface area contributed by atoms with Gasteiger partial charge in [0.25, 0.3) is 11.5 Å². The van der Waals surface area contributed by atoms with Crippen LogP contribution < -0.4 is 10.3 Å². The highest BCUT2D eigenvalue weighted by molar-refractivity contribution is 8.22. The third-order valence-corrected chi connectivity index (χ3v) is 9.13. The van der Waals surface area contributed by atoms with Crippen LogP contribution in [0.5, 0.6) is 5.75 Å². The van der Waals surface area contributed by atoms with Crippen LogP contribution in [-0.4, -0.2) is 71.6 Å². The summed E-state index contributed by atoms with van der Waals surface area (Å²) in [5, 5.41) is 4.94. The molecule has 2 aliphatic rings. The zero-order chi connectivity index (χ0) is 25.8. The molecule has 1 aromatic carbocycles. The van der Waals surface area contributed by atoms with E-state index in [0.717, 1.165) is 6.42 Å². The van der Waals surface area contributed by atoms with Crippen molar-refractivity contribution in [2.24, 2.45) is 0 Å². The van der Waals surface area contributed by atoms with Gasteiger partial charge in [-0.2, -0.15) is 9.40 Å². The number of aromatic nitrogens is 3. The van der Waals surface area contributed by atoms with Crippen molar-refractivity contribution >= 4 is 27.6 Å². The second-order valence-electron chi connectivity index (χ2n) is 9.32. The minimum atomic E-state index is -3.02. The number of amides is 1. The molecule has 5 rings (SSSR count). The number of carbonyl (C=O) groups excluding carboxylic acids is 1. The highest BCUT2D eigenvalue weighted by Gasteiger charge is 2.38. The fourth-order valence-electron chi connectivity index (χ4n) is 5.14. The van der Waals surface area contributed by atoms with Crippen molar-refractivity contribution in [3.63, 3.8) is 0 Å². The summed E-state index contributed by atoms with van der Waals surface area (Å²) < 4.78 is 45.5. The Hall–Kier alpha value is -2.93. The van der Waals surface area contributed by atoms with Gasteiger partial charge in [0, 0.05) is 26.7 Å². The van der Waals surface area contributed by atoms with E-state index in [9.17, 15) is 23.1 Å². The molecule has 3 aromatic rings. The van der Waals surface area contributed by atoms with Gasteiger partial charge in [-0.1, -0.05) is 12.1 Å². The molecule has 0 radical (unpaired) electrons. The monoisotopic (exact) mass is 519 g/mol. The van der Waals surface area contributed by atoms with Crippen LogP contribution in [0.15, 0.2) is 29.1 Å². The highest BCUT2D eigenvalue weighted by atomic mass is 32.3. The minimum absolute atomic E-state index is 0.0720. The molecular formula is C24H30FN5O5S. The summed E-state index contributed by atoms with van der Waals surface area (Å²) in [7, 11) is 0.100. The fourth-order valence-corrected chi connectivity index (χ4v) is 6.99. The Bertz CT molecular complexity index is 1390. The first kappa shape index (κ1) is 24.8. The van der Waals surface area contributed by atoms with Crippen molar-refractivity contribution < 1.29 is 23.0 Å². The van der Waals surface area contributed by atoms with Crippen molar-refractivity contribution in [2.75, 3.05) is 33.0 Å². The number of halogens is 1. The summed E-state index contributed by atoms with van der Waals surface area (Å²) in [5.41, 5.74) is 1.43. The molecule has 194 valence electrons. The molecule has 2 aromatic heterocycles. The van der Waals surface area contributed by atoms with Crippen LogP contribution in [0.2, 0.25) is 0 Å². The number of benzene rings is 1. The van der Waals surface area contributed by atoms with Crippen molar-refractivity contribution in [3.8, 4) is 5.75 Å². The molecule has 0 aliphatic carbocycles. The normalized spacial score (nSPS) is 19.8. The molecule has 1 unspecified atom stereocenters. The van der Waals surface area contributed by atoms with Gasteiger partial charge < -0.3 is 14.2 Å². The lowest BCUT2D eigenvalue weighted by Gasteiger charge is -2.48. The minimum Gasteiger partial charge on any atom is -0.493 e. The lowest BCUT2D eigenvalue weighted by atomic mass is 10.1. The van der Waals surface area contributed by atoms with E-state index in [2.05, 4.69) is 0 Å². The van der Waals surface area contributed by atoms with Crippen molar-refractivity contribution in [1.29, 1.82) is 0 Å². The predicted octanol–water partition coefficient (Wildman–Crippen LogP) is 3.30. The summed E-state index contributed by atoms with van der Waals surface area (Å²) in [6, 6.07) is 5.24. The maximum atomic E-state index is 13.8. The quantitative estimate of drug-likeness (QED) is 0.532. The standard InChI is InChI=1S/C24H30FN5O5S/c1-15(30-10-4-5-13-36(30,33)34)19-20-18(22(35-3)21-24(32)27(2)11-12-28(20)21)23(31)29(26-19)14-16-6-8-17(25)9-7-16/h6-9,15,33-34H,4-5,10-14H2,1-3H3. The van der Waals surface area contributed by atoms with Gasteiger partial charge in [0.15, 0.2) is 11.4 Å². The SMILES string of the molecule is COc1c2n(c3c(C(C)N4CCCCS4(O)O)nn(Cc4ccc(F)cc4)c(=O)c13)CCN(C)C2=O. The molecular weight excluding hydrogens is 489 g/mol. The molecule has 0 bridgehead atoms. The summed E-state index contributed by atoms with van der Waals surface area (Å²) >= 11 is 0. The van der Waals surface area contributed by atoms with Gasteiger partial charge in [0.2, 0.25) is 0 Å². The predicted molar refractivity (Wildman–Crippen MR) is 135 cm³/mol. The Balaban J connectivity index is 1.77. The molecule has 1 atom stereocenters. The Morgan fingerprint density at radius 3 is 2.53 bits per heavy atom. The lowest BCUT2D eigenvalue weighted by Crippen LogP contribution is -2.39. The molecule has 1 amide bonds. The van der Waals surface area contributed by atoms with E-state index in [1.54, 1.807) is 33.0 Å². The number of likely N-dealkylation sites (N-methyl/N-ethyl adjacent to an activating group) is 1. The van der Waals surface area contributed by atoms with E-state index >= 15 is 0 Å². The van der Waals surface area contributed by atoms with Crippen molar-refractivity contribution in [1.82, 2.24) is 23.6 Å². The van der Waals surface area contributed by atoms with E-state index in [1.165, 1.54) is 23.9 Å². The summed E-state index contributed by atoms with van der Waals surface area (Å²) in [4.78, 5) is 28.5. The Morgan fingerprint density at radius 1 is 1.14 bits per heavy atom. The fraction of sp³-hybridized carbons (Fsp3) is 0.458. The van der Waals surface area contributed by atoms with Gasteiger partial charge in [-0.3, -0.25) is 18.7 Å². The van der Waals surface area contributed by atoms with E-state index in [-0.39, 0.29) is 40.9 Å². The molecule has 0 saturated carbocycles. The van der Waals surface area contributed by atoms with Gasteiger partial charge in [-0.15, -0.1) is 10.8 Å². The largest absolute Gasteiger partial charge is 0.493 e. The van der Waals surface area contributed by atoms with Crippen molar-refractivity contribution in [3.05, 3.63) is 57.4 Å². The average molecular weight is 520 g/mol. The Kier molecular flexibility index (Phi) is 6.31. The molecule has 2 aliphatic heterocycles. The van der Waals surface area contributed by atoms with E-state index in [4.69, 9.17) is 9.84 Å². The summed E-state index contributed by atoms with van der Waals surface area (Å²) in [5.74, 6) is -0.196. The van der Waals surface area contributed by atoms with Crippen LogP contribution in [0.25, 0.3) is 10.9 Å². The molecule has 36 heavy (non-hydrogen) atoms.